The van der Waals surface area contributed by atoms with Crippen LogP contribution in [-0.4, -0.2) is 85.0 Å². The fourth-order valence-corrected chi connectivity index (χ4v) is 10.5. The molecule has 2 spiro atoms. The summed E-state index contributed by atoms with van der Waals surface area (Å²) in [6.07, 6.45) is 8.47. The lowest BCUT2D eigenvalue weighted by Crippen LogP contribution is -2.70. The summed E-state index contributed by atoms with van der Waals surface area (Å²) in [5.41, 5.74) is 3.07. The number of urea groups is 1. The molecule has 1 N–H and O–H groups in total. The fourth-order valence-electron chi connectivity index (χ4n) is 8.37. The molecule has 0 aromatic heterocycles. The minimum atomic E-state index is -3.48. The van der Waals surface area contributed by atoms with E-state index in [1.807, 2.05) is 25.1 Å². The Morgan fingerprint density at radius 3 is 2.66 bits per heavy atom. The maximum atomic E-state index is 14.5. The van der Waals surface area contributed by atoms with Crippen LogP contribution in [0.2, 0.25) is 5.02 Å². The molecule has 2 aromatic rings. The van der Waals surface area contributed by atoms with Crippen LogP contribution in [0.15, 0.2) is 52.9 Å². The van der Waals surface area contributed by atoms with Crippen LogP contribution >= 0.6 is 11.6 Å². The summed E-state index contributed by atoms with van der Waals surface area (Å²) in [6, 6.07) is 11.1. The van der Waals surface area contributed by atoms with Gasteiger partial charge >= 0.3 is 6.03 Å². The van der Waals surface area contributed by atoms with Gasteiger partial charge < -0.3 is 24.0 Å². The molecule has 4 aliphatic heterocycles. The number of methoxy groups -OCH3 is 1. The minimum Gasteiger partial charge on any atom is -0.490 e. The molecule has 3 amide bonds. The Balaban J connectivity index is 1.27. The van der Waals surface area contributed by atoms with Gasteiger partial charge in [0.15, 0.2) is 0 Å². The van der Waals surface area contributed by atoms with Gasteiger partial charge in [-0.15, -0.1) is 4.36 Å². The van der Waals surface area contributed by atoms with Crippen molar-refractivity contribution >= 4 is 39.1 Å². The number of likely N-dealkylation sites (tertiary alicyclic amines) is 1. The number of nitrogens with one attached hydrogen (secondary N) is 1. The maximum absolute atomic E-state index is 14.5. The van der Waals surface area contributed by atoms with Crippen LogP contribution in [0.4, 0.5) is 10.5 Å². The van der Waals surface area contributed by atoms with Gasteiger partial charge in [0.05, 0.1) is 43.8 Å². The SMILES string of the molecule is CO[C@H]1/C=C/C[C@H](C)CS(=O)(NC(=O)N2CC3(CCO3)C2)=NC(=O)c2ccc3c(c2)N(C[C@H](C)[C@H]1C)C[C@@]1(CCCc2cc(Cl)ccc21)CO3. The van der Waals surface area contributed by atoms with E-state index in [9.17, 15) is 13.8 Å². The quantitative estimate of drug-likeness (QED) is 0.357. The number of hydrogen-bond donors (Lipinski definition) is 1. The lowest BCUT2D eigenvalue weighted by atomic mass is 9.70. The Bertz CT molecular complexity index is 1800. The number of halogens is 1. The van der Waals surface area contributed by atoms with Crippen LogP contribution in [-0.2, 0) is 31.2 Å². The van der Waals surface area contributed by atoms with Crippen LogP contribution in [0.1, 0.15) is 67.9 Å². The number of carbonyl (C=O) groups excluding carboxylic acids is 2. The first kappa shape index (κ1) is 35.3. The number of amides is 3. The molecule has 50 heavy (non-hydrogen) atoms. The average molecular weight is 725 g/mol. The number of rotatable bonds is 2. The van der Waals surface area contributed by atoms with Crippen molar-refractivity contribution in [2.75, 3.05) is 57.2 Å². The average Bonchev–Trinajstić information content (AvgIpc) is 3.17. The summed E-state index contributed by atoms with van der Waals surface area (Å²) < 4.78 is 39.7. The Morgan fingerprint density at radius 1 is 1.12 bits per heavy atom. The number of ether oxygens (including phenoxy) is 3. The van der Waals surface area contributed by atoms with Crippen LogP contribution in [0.3, 0.4) is 0 Å². The molecule has 2 saturated heterocycles. The van der Waals surface area contributed by atoms with E-state index in [-0.39, 0.29) is 40.6 Å². The molecule has 6 atom stereocenters. The highest BCUT2D eigenvalue weighted by molar-refractivity contribution is 7.92. The first-order valence-corrected chi connectivity index (χ1v) is 20.0. The van der Waals surface area contributed by atoms with Crippen molar-refractivity contribution in [3.05, 3.63) is 70.3 Å². The van der Waals surface area contributed by atoms with Crippen molar-refractivity contribution in [1.82, 2.24) is 9.62 Å². The summed E-state index contributed by atoms with van der Waals surface area (Å²) in [7, 11) is -1.74. The second-order valence-electron chi connectivity index (χ2n) is 15.3. The highest BCUT2D eigenvalue weighted by atomic mass is 35.5. The number of allylic oxidation sites excluding steroid dienone is 1. The van der Waals surface area contributed by atoms with Crippen molar-refractivity contribution in [2.45, 2.75) is 70.0 Å². The lowest BCUT2D eigenvalue weighted by molar-refractivity contribution is -0.208. The zero-order valence-corrected chi connectivity index (χ0v) is 31.1. The zero-order chi connectivity index (χ0) is 35.3. The molecule has 7 rings (SSSR count). The van der Waals surface area contributed by atoms with E-state index in [1.165, 1.54) is 11.1 Å². The number of benzene rings is 2. The predicted octanol–water partition coefficient (Wildman–Crippen LogP) is 6.40. The number of hydrogen-bond acceptors (Lipinski definition) is 7. The number of fused-ring (bicyclic) bond motifs is 3. The summed E-state index contributed by atoms with van der Waals surface area (Å²) in [6.45, 7) is 9.89. The van der Waals surface area contributed by atoms with Crippen molar-refractivity contribution in [3.8, 4) is 5.75 Å². The smallest absolute Gasteiger partial charge is 0.330 e. The third-order valence-corrected chi connectivity index (χ3v) is 13.8. The first-order valence-electron chi connectivity index (χ1n) is 17.9. The second kappa shape index (κ2) is 13.8. The molecule has 0 radical (unpaired) electrons. The van der Waals surface area contributed by atoms with Gasteiger partial charge in [0.2, 0.25) is 0 Å². The Labute approximate surface area is 301 Å². The second-order valence-corrected chi connectivity index (χ2v) is 17.8. The van der Waals surface area contributed by atoms with Crippen LogP contribution in [0, 0.1) is 17.8 Å². The molecule has 0 saturated carbocycles. The topological polar surface area (TPSA) is 110 Å². The lowest BCUT2D eigenvalue weighted by Gasteiger charge is -2.54. The van der Waals surface area contributed by atoms with E-state index in [0.717, 1.165) is 36.4 Å². The van der Waals surface area contributed by atoms with E-state index in [4.69, 9.17) is 25.8 Å². The minimum absolute atomic E-state index is 0.0278. The third-order valence-electron chi connectivity index (χ3n) is 11.5. The van der Waals surface area contributed by atoms with Gasteiger partial charge in [0, 0.05) is 42.6 Å². The highest BCUT2D eigenvalue weighted by Crippen LogP contribution is 2.45. The van der Waals surface area contributed by atoms with E-state index in [1.54, 1.807) is 18.1 Å². The van der Waals surface area contributed by atoms with Gasteiger partial charge in [0.1, 0.15) is 21.3 Å². The van der Waals surface area contributed by atoms with Gasteiger partial charge in [-0.05, 0) is 84.9 Å². The van der Waals surface area contributed by atoms with Gasteiger partial charge in [-0.3, -0.25) is 9.52 Å². The van der Waals surface area contributed by atoms with Crippen LogP contribution in [0.5, 0.6) is 5.75 Å². The van der Waals surface area contributed by atoms with E-state index in [0.29, 0.717) is 57.1 Å². The molecule has 5 aliphatic rings. The first-order chi connectivity index (χ1) is 23.9. The van der Waals surface area contributed by atoms with Crippen molar-refractivity contribution in [3.63, 3.8) is 0 Å². The molecule has 1 unspecified atom stereocenters. The zero-order valence-electron chi connectivity index (χ0n) is 29.5. The molecule has 12 heteroatoms. The standard InChI is InChI=1S/C38H49ClN4O6S/c1-25-7-5-9-33(47-4)27(3)26(2)19-42-21-37(14-6-8-28-17-30(39)11-12-31(28)37)24-48-34-13-10-29(18-32(34)42)35(44)40-50(46,20-25)41-36(45)43-22-38(23-43)15-16-49-38/h5,9-13,17-18,25-27,33H,6-8,14-16,19-24H2,1-4H3,(H,40,41,44,45,46)/b9-5+/t25-,26-,27+,33-,37-,50?/m0/s1. The van der Waals surface area contributed by atoms with Gasteiger partial charge in [-0.25, -0.2) is 9.00 Å². The largest absolute Gasteiger partial charge is 0.490 e. The predicted molar refractivity (Wildman–Crippen MR) is 195 cm³/mol. The molecule has 2 fully saturated rings. The molecular weight excluding hydrogens is 676 g/mol. The molecule has 2 aromatic carbocycles. The molecular formula is C38H49ClN4O6S. The summed E-state index contributed by atoms with van der Waals surface area (Å²) >= 11 is 6.45. The van der Waals surface area contributed by atoms with E-state index >= 15 is 0 Å². The summed E-state index contributed by atoms with van der Waals surface area (Å²) in [4.78, 5) is 31.2. The Kier molecular flexibility index (Phi) is 9.73. The number of nitrogens with zero attached hydrogens (tertiary/aromatic N) is 3. The number of anilines is 1. The Morgan fingerprint density at radius 2 is 1.92 bits per heavy atom. The molecule has 10 nitrogen and oxygen atoms in total. The van der Waals surface area contributed by atoms with Crippen LogP contribution in [0.25, 0.3) is 0 Å². The number of carbonyl (C=O) groups is 2. The van der Waals surface area contributed by atoms with Crippen molar-refractivity contribution in [1.29, 1.82) is 0 Å². The Hall–Kier alpha value is -3.12. The monoisotopic (exact) mass is 724 g/mol. The van der Waals surface area contributed by atoms with Crippen LogP contribution < -0.4 is 14.4 Å². The molecule has 2 bridgehead atoms. The van der Waals surface area contributed by atoms with E-state index < -0.39 is 21.9 Å². The normalized spacial score (nSPS) is 32.9. The molecule has 270 valence electrons. The third kappa shape index (κ3) is 6.90. The number of aryl methyl sites for hydroxylation is 1. The van der Waals surface area contributed by atoms with Crippen molar-refractivity contribution < 1.29 is 28.0 Å². The fraction of sp³-hybridized carbons (Fsp3) is 0.579. The van der Waals surface area contributed by atoms with E-state index in [2.05, 4.69) is 52.1 Å². The van der Waals surface area contributed by atoms with Gasteiger partial charge in [-0.1, -0.05) is 50.6 Å². The maximum Gasteiger partial charge on any atom is 0.330 e. The van der Waals surface area contributed by atoms with Gasteiger partial charge in [-0.2, -0.15) is 0 Å². The van der Waals surface area contributed by atoms with Crippen molar-refractivity contribution in [2.24, 2.45) is 22.1 Å². The molecule has 1 aliphatic carbocycles. The van der Waals surface area contributed by atoms with Gasteiger partial charge in [0.25, 0.3) is 5.91 Å². The highest BCUT2D eigenvalue weighted by Gasteiger charge is 2.51. The summed E-state index contributed by atoms with van der Waals surface area (Å²) in [5.74, 6) is 0.342. The summed E-state index contributed by atoms with van der Waals surface area (Å²) in [5, 5.41) is 0.736. The molecule has 4 heterocycles.